The molecular weight excluding hydrogens is 580 g/mol. The van der Waals surface area contributed by atoms with Crippen LogP contribution < -0.4 is 10.6 Å². The van der Waals surface area contributed by atoms with Crippen molar-refractivity contribution in [2.45, 2.75) is 122 Å². The highest BCUT2D eigenvalue weighted by atomic mass is 19.3. The number of imidazole rings is 1. The molecule has 3 N–H and O–H groups in total. The van der Waals surface area contributed by atoms with Crippen LogP contribution in [0.1, 0.15) is 118 Å². The highest BCUT2D eigenvalue weighted by Gasteiger charge is 2.45. The van der Waals surface area contributed by atoms with Gasteiger partial charge in [0, 0.05) is 38.6 Å². The monoisotopic (exact) mass is 622 g/mol. The van der Waals surface area contributed by atoms with Crippen molar-refractivity contribution in [1.82, 2.24) is 30.9 Å². The first kappa shape index (κ1) is 33.4. The van der Waals surface area contributed by atoms with Crippen molar-refractivity contribution in [3.8, 4) is 0 Å². The second-order valence-corrected chi connectivity index (χ2v) is 12.0. The van der Waals surface area contributed by atoms with Crippen LogP contribution in [0.3, 0.4) is 0 Å². The molecule has 0 radical (unpaired) electrons. The second kappa shape index (κ2) is 15.5. The van der Waals surface area contributed by atoms with E-state index in [1.165, 1.54) is 19.3 Å². The number of carbonyl (C=O) groups excluding carboxylic acids is 2. The molecule has 2 amide bonds. The quantitative estimate of drug-likeness (QED) is 0.209. The Labute approximate surface area is 254 Å². The predicted octanol–water partition coefficient (Wildman–Crippen LogP) is 7.03. The number of aryl methyl sites for hydroxylation is 1. The van der Waals surface area contributed by atoms with Crippen molar-refractivity contribution in [1.29, 1.82) is 0 Å². The summed E-state index contributed by atoms with van der Waals surface area (Å²) < 4.78 is 54.9. The molecule has 3 fully saturated rings. The number of H-pyrrole nitrogens is 1. The zero-order chi connectivity index (χ0) is 31.6. The first-order valence-electron chi connectivity index (χ1n) is 15.6. The summed E-state index contributed by atoms with van der Waals surface area (Å²) in [5, 5.41) is 13.0. The smallest absolute Gasteiger partial charge is 0.275 e. The normalized spacial score (nSPS) is 18.2. The van der Waals surface area contributed by atoms with Crippen molar-refractivity contribution in [2.75, 3.05) is 0 Å². The average Bonchev–Trinajstić information content (AvgIpc) is 3.68. The molecule has 3 saturated carbocycles. The number of unbranched alkanes of at least 4 members (excludes halogenated alkanes) is 1. The third-order valence-electron chi connectivity index (χ3n) is 7.63. The average molecular weight is 623 g/mol. The minimum atomic E-state index is -2.61. The molecule has 1 aromatic carbocycles. The Hall–Kier alpha value is -3.51. The fraction of sp³-hybridized carbons (Fsp3) is 0.645. The lowest BCUT2D eigenvalue weighted by molar-refractivity contribution is -0.133. The highest BCUT2D eigenvalue weighted by molar-refractivity contribution is 5.93. The Balaban J connectivity index is 0.000000335. The van der Waals surface area contributed by atoms with E-state index in [9.17, 15) is 27.2 Å². The number of carbonyl (C=O) groups is 2. The van der Waals surface area contributed by atoms with Crippen LogP contribution in [0.5, 0.6) is 0 Å². The van der Waals surface area contributed by atoms with Gasteiger partial charge < -0.3 is 15.6 Å². The zero-order valence-electron chi connectivity index (χ0n) is 25.2. The number of hydrogen-bond donors (Lipinski definition) is 3. The van der Waals surface area contributed by atoms with Gasteiger partial charge in [0.1, 0.15) is 11.5 Å². The number of rotatable bonds is 10. The summed E-state index contributed by atoms with van der Waals surface area (Å²) in [7, 11) is 0. The number of hydrogen-bond acceptors (Lipinski definition) is 6. The van der Waals surface area contributed by atoms with Gasteiger partial charge in [-0.1, -0.05) is 50.3 Å². The maximum atomic E-state index is 12.9. The summed E-state index contributed by atoms with van der Waals surface area (Å²) in [6.07, 6.45) is 9.33. The molecule has 0 atom stereocenters. The molecule has 242 valence electrons. The summed E-state index contributed by atoms with van der Waals surface area (Å²) in [6.45, 7) is 2.52. The molecule has 0 unspecified atom stereocenters. The van der Waals surface area contributed by atoms with Crippen molar-refractivity contribution in [3.05, 3.63) is 41.0 Å². The lowest BCUT2D eigenvalue weighted by atomic mass is 9.79. The molecule has 9 nitrogen and oxygen atoms in total. The standard InChI is InChI=1S/C22H26F2N6O3.C6H10F2.C3H6/c1-2-3-4-16-20(30-33-29-16)21(32)26-12-18-27-15-6-5-13(7-17(15)28-18)11-25-19(31)8-14-9-22(23,24)10-14;7-6(8)4-2-1-3-5-6;1-2-3-1/h5-7,14H,2-4,8-12H2,1H3,(H,25,31)(H,26,32)(H,27,28);1-5H2;1-3H2. The van der Waals surface area contributed by atoms with Crippen LogP contribution in [-0.2, 0) is 24.3 Å². The Morgan fingerprint density at radius 2 is 1.66 bits per heavy atom. The fourth-order valence-electron chi connectivity index (χ4n) is 4.97. The molecule has 2 heterocycles. The predicted molar refractivity (Wildman–Crippen MR) is 156 cm³/mol. The summed E-state index contributed by atoms with van der Waals surface area (Å²) in [4.78, 5) is 32.0. The SMILES string of the molecule is C1CC1.CCCCc1nonc1C(=O)NCc1nc2ccc(CNC(=O)CC3CC(F)(F)C3)cc2[nH]1.FC1(F)CCCCC1. The lowest BCUT2D eigenvalue weighted by Crippen LogP contribution is -2.38. The van der Waals surface area contributed by atoms with Gasteiger partial charge in [-0.05, 0) is 54.5 Å². The van der Waals surface area contributed by atoms with Gasteiger partial charge in [0.05, 0.1) is 17.6 Å². The van der Waals surface area contributed by atoms with Crippen molar-refractivity contribution < 1.29 is 31.8 Å². The van der Waals surface area contributed by atoms with Crippen molar-refractivity contribution in [3.63, 3.8) is 0 Å². The van der Waals surface area contributed by atoms with Crippen molar-refractivity contribution in [2.24, 2.45) is 5.92 Å². The molecule has 2 aromatic heterocycles. The van der Waals surface area contributed by atoms with E-state index in [2.05, 4.69) is 30.9 Å². The zero-order valence-corrected chi connectivity index (χ0v) is 25.2. The molecule has 3 aliphatic carbocycles. The molecule has 13 heteroatoms. The van der Waals surface area contributed by atoms with Gasteiger partial charge in [-0.3, -0.25) is 9.59 Å². The van der Waals surface area contributed by atoms with E-state index in [1.807, 2.05) is 25.1 Å². The number of nitrogens with one attached hydrogen (secondary N) is 3. The Morgan fingerprint density at radius 1 is 0.955 bits per heavy atom. The van der Waals surface area contributed by atoms with Crippen LogP contribution >= 0.6 is 0 Å². The summed E-state index contributed by atoms with van der Waals surface area (Å²) >= 11 is 0. The van der Waals surface area contributed by atoms with E-state index in [4.69, 9.17) is 4.63 Å². The Bertz CT molecular complexity index is 1350. The van der Waals surface area contributed by atoms with Crippen molar-refractivity contribution >= 4 is 22.8 Å². The molecule has 0 bridgehead atoms. The molecule has 3 aliphatic rings. The van der Waals surface area contributed by atoms with Crippen LogP contribution in [-0.4, -0.2) is 43.9 Å². The number of alkyl halides is 4. The van der Waals surface area contributed by atoms with Crippen LogP contribution in [0, 0.1) is 5.92 Å². The van der Waals surface area contributed by atoms with Gasteiger partial charge in [-0.25, -0.2) is 27.2 Å². The Kier molecular flexibility index (Phi) is 11.7. The molecule has 0 aliphatic heterocycles. The number of fused-ring (bicyclic) bond motifs is 1. The summed E-state index contributed by atoms with van der Waals surface area (Å²) in [5.41, 5.74) is 3.05. The van der Waals surface area contributed by atoms with Gasteiger partial charge in [0.15, 0.2) is 5.69 Å². The molecule has 44 heavy (non-hydrogen) atoms. The van der Waals surface area contributed by atoms with E-state index in [0.717, 1.165) is 35.9 Å². The van der Waals surface area contributed by atoms with Crippen LogP contribution in [0.4, 0.5) is 17.6 Å². The van der Waals surface area contributed by atoms with Crippen LogP contribution in [0.15, 0.2) is 22.8 Å². The maximum absolute atomic E-state index is 12.9. The number of aromatic amines is 1. The highest BCUT2D eigenvalue weighted by Crippen LogP contribution is 2.43. The Morgan fingerprint density at radius 3 is 2.27 bits per heavy atom. The largest absolute Gasteiger partial charge is 0.352 e. The molecule has 3 aromatic rings. The van der Waals surface area contributed by atoms with Gasteiger partial charge >= 0.3 is 0 Å². The third-order valence-corrected chi connectivity index (χ3v) is 7.63. The number of benzene rings is 1. The first-order chi connectivity index (χ1) is 21.0. The fourth-order valence-corrected chi connectivity index (χ4v) is 4.97. The molecule has 6 rings (SSSR count). The lowest BCUT2D eigenvalue weighted by Gasteiger charge is -2.34. The minimum absolute atomic E-state index is 0.118. The summed E-state index contributed by atoms with van der Waals surface area (Å²) in [5.74, 6) is -5.23. The van der Waals surface area contributed by atoms with E-state index in [-0.39, 0.29) is 62.1 Å². The van der Waals surface area contributed by atoms with Gasteiger partial charge in [-0.2, -0.15) is 0 Å². The van der Waals surface area contributed by atoms with E-state index < -0.39 is 11.8 Å². The number of nitrogens with zero attached hydrogens (tertiary/aromatic N) is 3. The van der Waals surface area contributed by atoms with E-state index in [0.29, 0.717) is 37.3 Å². The van der Waals surface area contributed by atoms with Gasteiger partial charge in [0.2, 0.25) is 17.8 Å². The van der Waals surface area contributed by atoms with Gasteiger partial charge in [-0.15, -0.1) is 0 Å². The second-order valence-electron chi connectivity index (χ2n) is 12.0. The van der Waals surface area contributed by atoms with Gasteiger partial charge in [0.25, 0.3) is 5.91 Å². The van der Waals surface area contributed by atoms with E-state index >= 15 is 0 Å². The number of amides is 2. The first-order valence-corrected chi connectivity index (χ1v) is 15.6. The summed E-state index contributed by atoms with van der Waals surface area (Å²) in [6, 6.07) is 5.51. The molecule has 0 saturated heterocycles. The van der Waals surface area contributed by atoms with Crippen LogP contribution in [0.2, 0.25) is 0 Å². The molecular formula is C31H42F4N6O3. The van der Waals surface area contributed by atoms with E-state index in [1.54, 1.807) is 0 Å². The third kappa shape index (κ3) is 10.9. The number of halogens is 4. The minimum Gasteiger partial charge on any atom is -0.352 e. The maximum Gasteiger partial charge on any atom is 0.275 e. The topological polar surface area (TPSA) is 126 Å². The van der Waals surface area contributed by atoms with Crippen LogP contribution in [0.25, 0.3) is 11.0 Å². The number of aromatic nitrogens is 4. The molecule has 0 spiro atoms.